The van der Waals surface area contributed by atoms with E-state index in [-0.39, 0.29) is 5.91 Å². The van der Waals surface area contributed by atoms with Crippen LogP contribution in [-0.4, -0.2) is 10.9 Å². The molecule has 0 fully saturated rings. The molecule has 3 heterocycles. The Morgan fingerprint density at radius 1 is 1.38 bits per heavy atom. The molecule has 0 spiro atoms. The van der Waals surface area contributed by atoms with Crippen LogP contribution in [0.4, 0.5) is 0 Å². The van der Waals surface area contributed by atoms with Gasteiger partial charge in [0.1, 0.15) is 22.2 Å². The number of nitrogens with one attached hydrogen (secondary N) is 1. The van der Waals surface area contributed by atoms with Crippen molar-refractivity contribution in [2.45, 2.75) is 20.4 Å². The number of hydrogen-bond acceptors (Lipinski definition) is 5. The molecule has 0 unspecified atom stereocenters. The van der Waals surface area contributed by atoms with E-state index < -0.39 is 0 Å². The number of carbonyl (C=O) groups excluding carboxylic acids is 1. The highest BCUT2D eigenvalue weighted by atomic mass is 32.1. The van der Waals surface area contributed by atoms with Crippen molar-refractivity contribution in [1.29, 1.82) is 0 Å². The van der Waals surface area contributed by atoms with Crippen LogP contribution in [0, 0.1) is 13.8 Å². The lowest BCUT2D eigenvalue weighted by molar-refractivity contribution is 0.0946. The maximum Gasteiger partial charge on any atom is 0.271 e. The highest BCUT2D eigenvalue weighted by Crippen LogP contribution is 2.25. The van der Waals surface area contributed by atoms with Gasteiger partial charge >= 0.3 is 0 Å². The molecule has 1 amide bonds. The van der Waals surface area contributed by atoms with Gasteiger partial charge in [-0.15, -0.1) is 11.3 Å². The average molecular weight is 318 g/mol. The van der Waals surface area contributed by atoms with Crippen molar-refractivity contribution in [3.63, 3.8) is 0 Å². The number of rotatable bonds is 4. The molecule has 0 aromatic carbocycles. The number of carbonyl (C=O) groups is 1. The lowest BCUT2D eigenvalue weighted by Crippen LogP contribution is -2.23. The molecule has 3 rings (SSSR count). The first-order chi connectivity index (χ1) is 10.1. The highest BCUT2D eigenvalue weighted by molar-refractivity contribution is 7.14. The lowest BCUT2D eigenvalue weighted by atomic mass is 10.2. The molecule has 0 atom stereocenters. The number of thiazole rings is 1. The first kappa shape index (κ1) is 14.0. The Kier molecular flexibility index (Phi) is 3.90. The van der Waals surface area contributed by atoms with Gasteiger partial charge in [-0.05, 0) is 31.4 Å². The monoisotopic (exact) mass is 318 g/mol. The Morgan fingerprint density at radius 3 is 2.90 bits per heavy atom. The SMILES string of the molecule is Cc1cc(CNC(=O)c2csc(-c3ccsc3)n2)c(C)o1. The second kappa shape index (κ2) is 5.83. The molecule has 0 bridgehead atoms. The third kappa shape index (κ3) is 3.06. The van der Waals surface area contributed by atoms with Crippen LogP contribution in [0.25, 0.3) is 10.6 Å². The van der Waals surface area contributed by atoms with E-state index in [1.807, 2.05) is 36.7 Å². The fourth-order valence-electron chi connectivity index (χ4n) is 2.02. The Balaban J connectivity index is 1.67. The predicted molar refractivity (Wildman–Crippen MR) is 84.8 cm³/mol. The standard InChI is InChI=1S/C15H14N2O2S2/c1-9-5-12(10(2)19-9)6-16-14(18)13-8-21-15(17-13)11-3-4-20-7-11/h3-5,7-8H,6H2,1-2H3,(H,16,18). The fraction of sp³-hybridized carbons (Fsp3) is 0.200. The van der Waals surface area contributed by atoms with Gasteiger partial charge in [-0.25, -0.2) is 4.98 Å². The summed E-state index contributed by atoms with van der Waals surface area (Å²) >= 11 is 3.10. The molecule has 6 heteroatoms. The number of aromatic nitrogens is 1. The minimum atomic E-state index is -0.161. The third-order valence-electron chi connectivity index (χ3n) is 3.09. The van der Waals surface area contributed by atoms with Crippen LogP contribution in [0.2, 0.25) is 0 Å². The first-order valence-electron chi connectivity index (χ1n) is 6.45. The fourth-order valence-corrected chi connectivity index (χ4v) is 3.53. The summed E-state index contributed by atoms with van der Waals surface area (Å²) in [6.45, 7) is 4.24. The molecule has 0 saturated heterocycles. The quantitative estimate of drug-likeness (QED) is 0.790. The van der Waals surface area contributed by atoms with E-state index in [4.69, 9.17) is 4.42 Å². The van der Waals surface area contributed by atoms with Gasteiger partial charge in [0, 0.05) is 28.4 Å². The van der Waals surface area contributed by atoms with Gasteiger partial charge in [0.25, 0.3) is 5.91 Å². The Morgan fingerprint density at radius 2 is 2.24 bits per heavy atom. The predicted octanol–water partition coefficient (Wildman–Crippen LogP) is 4.01. The van der Waals surface area contributed by atoms with Crippen LogP contribution >= 0.6 is 22.7 Å². The number of amides is 1. The second-order valence-electron chi connectivity index (χ2n) is 4.67. The molecular weight excluding hydrogens is 304 g/mol. The van der Waals surface area contributed by atoms with Crippen LogP contribution in [0.3, 0.4) is 0 Å². The van der Waals surface area contributed by atoms with Gasteiger partial charge in [0.05, 0.1) is 0 Å². The Hall–Kier alpha value is -1.92. The van der Waals surface area contributed by atoms with Gasteiger partial charge in [0.15, 0.2) is 0 Å². The summed E-state index contributed by atoms with van der Waals surface area (Å²) in [5.74, 6) is 1.53. The molecule has 108 valence electrons. The molecule has 0 saturated carbocycles. The molecule has 4 nitrogen and oxygen atoms in total. The number of aryl methyl sites for hydroxylation is 2. The summed E-state index contributed by atoms with van der Waals surface area (Å²) in [6.07, 6.45) is 0. The smallest absolute Gasteiger partial charge is 0.271 e. The van der Waals surface area contributed by atoms with Crippen molar-refractivity contribution < 1.29 is 9.21 Å². The Bertz CT molecular complexity index is 757. The topological polar surface area (TPSA) is 55.1 Å². The summed E-state index contributed by atoms with van der Waals surface area (Å²) in [4.78, 5) is 16.5. The number of nitrogens with zero attached hydrogens (tertiary/aromatic N) is 1. The summed E-state index contributed by atoms with van der Waals surface area (Å²) in [7, 11) is 0. The minimum Gasteiger partial charge on any atom is -0.466 e. The van der Waals surface area contributed by atoms with E-state index >= 15 is 0 Å². The van der Waals surface area contributed by atoms with Crippen molar-refractivity contribution in [1.82, 2.24) is 10.3 Å². The number of thiophene rings is 1. The zero-order valence-electron chi connectivity index (χ0n) is 11.7. The van der Waals surface area contributed by atoms with Crippen LogP contribution in [-0.2, 0) is 6.54 Å². The van der Waals surface area contributed by atoms with E-state index in [9.17, 15) is 4.79 Å². The minimum absolute atomic E-state index is 0.161. The number of hydrogen-bond donors (Lipinski definition) is 1. The van der Waals surface area contributed by atoms with Crippen molar-refractivity contribution in [2.24, 2.45) is 0 Å². The molecule has 1 N–H and O–H groups in total. The van der Waals surface area contributed by atoms with Gasteiger partial charge in [-0.2, -0.15) is 11.3 Å². The van der Waals surface area contributed by atoms with Crippen LogP contribution < -0.4 is 5.32 Å². The van der Waals surface area contributed by atoms with Crippen LogP contribution in [0.1, 0.15) is 27.6 Å². The van der Waals surface area contributed by atoms with Crippen molar-refractivity contribution in [2.75, 3.05) is 0 Å². The second-order valence-corrected chi connectivity index (χ2v) is 6.31. The largest absolute Gasteiger partial charge is 0.466 e. The van der Waals surface area contributed by atoms with E-state index in [1.165, 1.54) is 11.3 Å². The van der Waals surface area contributed by atoms with E-state index in [0.717, 1.165) is 27.7 Å². The van der Waals surface area contributed by atoms with Gasteiger partial charge in [-0.3, -0.25) is 4.79 Å². The molecule has 0 aliphatic rings. The normalized spacial score (nSPS) is 10.8. The Labute approximate surface area is 130 Å². The van der Waals surface area contributed by atoms with Crippen molar-refractivity contribution in [3.05, 3.63) is 51.1 Å². The first-order valence-corrected chi connectivity index (χ1v) is 8.28. The summed E-state index contributed by atoms with van der Waals surface area (Å²) in [5, 5.41) is 9.56. The summed E-state index contributed by atoms with van der Waals surface area (Å²) < 4.78 is 5.44. The van der Waals surface area contributed by atoms with Crippen LogP contribution in [0.5, 0.6) is 0 Å². The molecule has 21 heavy (non-hydrogen) atoms. The zero-order valence-corrected chi connectivity index (χ0v) is 13.3. The summed E-state index contributed by atoms with van der Waals surface area (Å²) in [6, 6.07) is 3.94. The van der Waals surface area contributed by atoms with Gasteiger partial charge in [0.2, 0.25) is 0 Å². The van der Waals surface area contributed by atoms with Gasteiger partial charge < -0.3 is 9.73 Å². The number of furan rings is 1. The molecule has 0 aliphatic heterocycles. The van der Waals surface area contributed by atoms with Gasteiger partial charge in [-0.1, -0.05) is 0 Å². The maximum absolute atomic E-state index is 12.1. The van der Waals surface area contributed by atoms with E-state index in [2.05, 4.69) is 10.3 Å². The lowest BCUT2D eigenvalue weighted by Gasteiger charge is -2.01. The molecule has 3 aromatic heterocycles. The molecule has 3 aromatic rings. The molecular formula is C15H14N2O2S2. The van der Waals surface area contributed by atoms with Crippen molar-refractivity contribution in [3.8, 4) is 10.6 Å². The van der Waals surface area contributed by atoms with Crippen molar-refractivity contribution >= 4 is 28.6 Å². The summed E-state index contributed by atoms with van der Waals surface area (Å²) in [5.41, 5.74) is 2.51. The van der Waals surface area contributed by atoms with E-state index in [0.29, 0.717) is 12.2 Å². The van der Waals surface area contributed by atoms with Crippen LogP contribution in [0.15, 0.2) is 32.7 Å². The maximum atomic E-state index is 12.1. The molecule has 0 radical (unpaired) electrons. The van der Waals surface area contributed by atoms with E-state index in [1.54, 1.807) is 16.7 Å². The molecule has 0 aliphatic carbocycles. The zero-order chi connectivity index (χ0) is 14.8. The highest BCUT2D eigenvalue weighted by Gasteiger charge is 2.13. The average Bonchev–Trinajstić information content (AvgIpc) is 3.16. The third-order valence-corrected chi connectivity index (χ3v) is 4.66.